The molecule has 0 amide bonds. The van der Waals surface area contributed by atoms with E-state index in [9.17, 15) is 9.90 Å². The number of aryl methyl sites for hydroxylation is 1. The Bertz CT molecular complexity index is 1620. The molecule has 3 aromatic carbocycles. The highest BCUT2D eigenvalue weighted by molar-refractivity contribution is 9.10. The molecule has 0 fully saturated rings. The summed E-state index contributed by atoms with van der Waals surface area (Å²) in [5, 5.41) is 9.81. The van der Waals surface area contributed by atoms with Crippen LogP contribution in [-0.4, -0.2) is 9.67 Å². The first-order valence-electron chi connectivity index (χ1n) is 10.8. The number of phenols is 1. The highest BCUT2D eigenvalue weighted by Gasteiger charge is 2.32. The highest BCUT2D eigenvalue weighted by atomic mass is 79.9. The summed E-state index contributed by atoms with van der Waals surface area (Å²) < 4.78 is 3.08. The largest absolute Gasteiger partial charge is 0.507 e. The summed E-state index contributed by atoms with van der Waals surface area (Å²) in [6.07, 6.45) is 3.69. The van der Waals surface area contributed by atoms with Gasteiger partial charge in [-0.3, -0.25) is 9.36 Å². The Hall–Kier alpha value is -3.22. The molecule has 162 valence electrons. The zero-order valence-corrected chi connectivity index (χ0v) is 19.9. The van der Waals surface area contributed by atoms with E-state index in [1.165, 1.54) is 28.0 Å². The van der Waals surface area contributed by atoms with Gasteiger partial charge in [0.1, 0.15) is 5.75 Å². The molecular formula is C27H19BrN2O2S. The topological polar surface area (TPSA) is 54.6 Å². The molecule has 33 heavy (non-hydrogen) atoms. The van der Waals surface area contributed by atoms with E-state index in [4.69, 9.17) is 4.99 Å². The predicted molar refractivity (Wildman–Crippen MR) is 135 cm³/mol. The molecule has 0 radical (unpaired) electrons. The molecule has 1 atom stereocenters. The van der Waals surface area contributed by atoms with Crippen LogP contribution in [0.5, 0.6) is 5.75 Å². The number of hydrogen-bond donors (Lipinski definition) is 1. The van der Waals surface area contributed by atoms with Crippen LogP contribution in [0.3, 0.4) is 0 Å². The summed E-state index contributed by atoms with van der Waals surface area (Å²) in [7, 11) is 0. The maximum Gasteiger partial charge on any atom is 0.271 e. The molecule has 0 bridgehead atoms. The summed E-state index contributed by atoms with van der Waals surface area (Å²) >= 11 is 4.77. The molecule has 6 rings (SSSR count). The molecule has 2 heterocycles. The van der Waals surface area contributed by atoms with Gasteiger partial charge >= 0.3 is 0 Å². The second-order valence-electron chi connectivity index (χ2n) is 8.24. The van der Waals surface area contributed by atoms with Gasteiger partial charge in [-0.2, -0.15) is 0 Å². The van der Waals surface area contributed by atoms with Gasteiger partial charge in [-0.15, -0.1) is 0 Å². The Morgan fingerprint density at radius 3 is 2.64 bits per heavy atom. The van der Waals surface area contributed by atoms with Crippen LogP contribution >= 0.6 is 27.3 Å². The average Bonchev–Trinajstić information content (AvgIpc) is 3.15. The number of aromatic nitrogens is 1. The van der Waals surface area contributed by atoms with Crippen LogP contribution in [0.15, 0.2) is 92.6 Å². The maximum absolute atomic E-state index is 13.7. The van der Waals surface area contributed by atoms with Crippen molar-refractivity contribution in [3.05, 3.63) is 125 Å². The fourth-order valence-electron chi connectivity index (χ4n) is 4.72. The van der Waals surface area contributed by atoms with Gasteiger partial charge in [-0.05, 0) is 69.2 Å². The maximum atomic E-state index is 13.7. The molecule has 0 saturated heterocycles. The SMILES string of the molecule is O=c1/c(=C/c2ccc(O)c(Br)c2)sc2n1[C@H](c1ccccc1)C1=C(N=2)c2ccccc2CC1. The second-order valence-corrected chi connectivity index (χ2v) is 10.1. The van der Waals surface area contributed by atoms with Crippen molar-refractivity contribution in [3.63, 3.8) is 0 Å². The number of nitrogens with zero attached hydrogens (tertiary/aromatic N) is 2. The first kappa shape index (κ1) is 20.4. The van der Waals surface area contributed by atoms with E-state index >= 15 is 0 Å². The Morgan fingerprint density at radius 1 is 1.03 bits per heavy atom. The molecule has 1 N–H and O–H groups in total. The summed E-state index contributed by atoms with van der Waals surface area (Å²) in [5.74, 6) is 0.170. The van der Waals surface area contributed by atoms with Gasteiger partial charge in [0.25, 0.3) is 5.56 Å². The third-order valence-electron chi connectivity index (χ3n) is 6.26. The lowest BCUT2D eigenvalue weighted by atomic mass is 9.83. The first-order chi connectivity index (χ1) is 16.1. The monoisotopic (exact) mass is 514 g/mol. The Kier molecular flexibility index (Phi) is 4.93. The predicted octanol–water partition coefficient (Wildman–Crippen LogP) is 4.79. The molecule has 4 aromatic rings. The van der Waals surface area contributed by atoms with E-state index in [0.29, 0.717) is 13.8 Å². The van der Waals surface area contributed by atoms with Crippen LogP contribution in [0, 0.1) is 0 Å². The number of benzene rings is 3. The lowest BCUT2D eigenvalue weighted by Gasteiger charge is -2.30. The van der Waals surface area contributed by atoms with Crippen LogP contribution in [0.2, 0.25) is 0 Å². The number of phenolic OH excluding ortho intramolecular Hbond substituents is 1. The minimum Gasteiger partial charge on any atom is -0.507 e. The van der Waals surface area contributed by atoms with Crippen LogP contribution in [0.25, 0.3) is 11.8 Å². The van der Waals surface area contributed by atoms with E-state index < -0.39 is 0 Å². The Labute approximate surface area is 202 Å². The van der Waals surface area contributed by atoms with Gasteiger partial charge in [0.05, 0.1) is 20.7 Å². The molecule has 1 aliphatic carbocycles. The van der Waals surface area contributed by atoms with E-state index in [-0.39, 0.29) is 17.4 Å². The van der Waals surface area contributed by atoms with Crippen LogP contribution in [0.1, 0.15) is 34.7 Å². The van der Waals surface area contributed by atoms with Crippen LogP contribution in [0.4, 0.5) is 0 Å². The Balaban J connectivity index is 1.62. The van der Waals surface area contributed by atoms with Crippen molar-refractivity contribution in [2.24, 2.45) is 4.99 Å². The molecular weight excluding hydrogens is 496 g/mol. The van der Waals surface area contributed by atoms with Gasteiger partial charge in [0.2, 0.25) is 0 Å². The molecule has 0 saturated carbocycles. The van der Waals surface area contributed by atoms with Crippen molar-refractivity contribution >= 4 is 39.0 Å². The fraction of sp³-hybridized carbons (Fsp3) is 0.111. The van der Waals surface area contributed by atoms with Crippen molar-refractivity contribution in [2.45, 2.75) is 18.9 Å². The van der Waals surface area contributed by atoms with Crippen molar-refractivity contribution in [1.29, 1.82) is 0 Å². The number of fused-ring (bicyclic) bond motifs is 3. The summed E-state index contributed by atoms with van der Waals surface area (Å²) in [4.78, 5) is 19.4. The molecule has 2 aliphatic rings. The minimum absolute atomic E-state index is 0.0396. The first-order valence-corrected chi connectivity index (χ1v) is 12.4. The zero-order chi connectivity index (χ0) is 22.5. The van der Waals surface area contributed by atoms with Gasteiger partial charge in [-0.25, -0.2) is 4.99 Å². The second kappa shape index (κ2) is 7.97. The molecule has 1 aliphatic heterocycles. The molecule has 0 unspecified atom stereocenters. The normalized spacial score (nSPS) is 17.2. The number of aromatic hydroxyl groups is 1. The lowest BCUT2D eigenvalue weighted by Crippen LogP contribution is -2.38. The zero-order valence-electron chi connectivity index (χ0n) is 17.5. The number of thiazole rings is 1. The Morgan fingerprint density at radius 2 is 1.82 bits per heavy atom. The molecule has 1 aromatic heterocycles. The number of halogens is 1. The van der Waals surface area contributed by atoms with Gasteiger partial charge in [-0.1, -0.05) is 72.0 Å². The number of hydrogen-bond acceptors (Lipinski definition) is 4. The van der Waals surface area contributed by atoms with Crippen molar-refractivity contribution in [2.75, 3.05) is 0 Å². The highest BCUT2D eigenvalue weighted by Crippen LogP contribution is 2.41. The van der Waals surface area contributed by atoms with Crippen LogP contribution < -0.4 is 14.9 Å². The van der Waals surface area contributed by atoms with E-state index in [0.717, 1.165) is 29.7 Å². The van der Waals surface area contributed by atoms with Gasteiger partial charge in [0, 0.05) is 5.56 Å². The van der Waals surface area contributed by atoms with E-state index in [2.05, 4.69) is 52.3 Å². The van der Waals surface area contributed by atoms with E-state index in [1.54, 1.807) is 12.1 Å². The number of rotatable bonds is 2. The fourth-order valence-corrected chi connectivity index (χ4v) is 6.12. The molecule has 0 spiro atoms. The van der Waals surface area contributed by atoms with Crippen LogP contribution in [-0.2, 0) is 6.42 Å². The van der Waals surface area contributed by atoms with Crippen molar-refractivity contribution in [3.8, 4) is 5.75 Å². The summed E-state index contributed by atoms with van der Waals surface area (Å²) in [6, 6.07) is 23.7. The molecule has 6 heteroatoms. The quantitative estimate of drug-likeness (QED) is 0.418. The summed E-state index contributed by atoms with van der Waals surface area (Å²) in [6.45, 7) is 0. The standard InChI is InChI=1S/C27H19BrN2O2S/c28-21-14-16(10-13-22(21)31)15-23-26(32)30-25(18-7-2-1-3-8-18)20-12-11-17-6-4-5-9-19(17)24(20)29-27(30)33-23/h1-10,13-15,25,31H,11-12H2/b23-15-/t25-/m1/s1. The number of allylic oxidation sites excluding steroid dienone is 1. The van der Waals surface area contributed by atoms with Crippen molar-refractivity contribution in [1.82, 2.24) is 4.57 Å². The smallest absolute Gasteiger partial charge is 0.271 e. The lowest BCUT2D eigenvalue weighted by molar-refractivity contribution is 0.472. The van der Waals surface area contributed by atoms with Gasteiger partial charge < -0.3 is 5.11 Å². The van der Waals surface area contributed by atoms with Gasteiger partial charge in [0.15, 0.2) is 4.80 Å². The molecule has 4 nitrogen and oxygen atoms in total. The summed E-state index contributed by atoms with van der Waals surface area (Å²) in [5.41, 5.74) is 6.58. The minimum atomic E-state index is -0.167. The third kappa shape index (κ3) is 3.41. The third-order valence-corrected chi connectivity index (χ3v) is 7.88. The average molecular weight is 515 g/mol. The van der Waals surface area contributed by atoms with Crippen molar-refractivity contribution < 1.29 is 5.11 Å². The van der Waals surface area contributed by atoms with E-state index in [1.807, 2.05) is 34.9 Å².